The molecule has 1 aliphatic heterocycles. The Morgan fingerprint density at radius 1 is 1.30 bits per heavy atom. The first-order valence-electron chi connectivity index (χ1n) is 9.47. The molecule has 3 aromatic rings. The molecule has 0 radical (unpaired) electrons. The molecule has 0 fully saturated rings. The summed E-state index contributed by atoms with van der Waals surface area (Å²) in [5.74, 6) is 0.504. The van der Waals surface area contributed by atoms with E-state index in [1.807, 2.05) is 42.5 Å². The molecular formula is C23H19ClN2O3S. The molecular weight excluding hydrogens is 420 g/mol. The molecule has 0 bridgehead atoms. The van der Waals surface area contributed by atoms with E-state index in [4.69, 9.17) is 16.3 Å². The Balaban J connectivity index is 1.39. The first-order chi connectivity index (χ1) is 14.5. The van der Waals surface area contributed by atoms with E-state index in [9.17, 15) is 9.59 Å². The van der Waals surface area contributed by atoms with Crippen molar-refractivity contribution in [3.8, 4) is 16.2 Å². The van der Waals surface area contributed by atoms with E-state index < -0.39 is 0 Å². The number of hydrogen-bond acceptors (Lipinski definition) is 5. The lowest BCUT2D eigenvalue weighted by molar-refractivity contribution is -0.116. The van der Waals surface area contributed by atoms with Gasteiger partial charge < -0.3 is 10.1 Å². The third-order valence-electron chi connectivity index (χ3n) is 4.69. The number of halogens is 1. The van der Waals surface area contributed by atoms with Crippen molar-refractivity contribution in [2.75, 3.05) is 6.54 Å². The van der Waals surface area contributed by atoms with Gasteiger partial charge in [-0.05, 0) is 55.0 Å². The minimum absolute atomic E-state index is 0.0507. The lowest BCUT2D eigenvalue weighted by Crippen LogP contribution is -2.33. The third-order valence-corrected chi connectivity index (χ3v) is 6.20. The Kier molecular flexibility index (Phi) is 5.97. The minimum atomic E-state index is -0.206. The Labute approximate surface area is 183 Å². The van der Waals surface area contributed by atoms with Gasteiger partial charge in [-0.3, -0.25) is 14.6 Å². The summed E-state index contributed by atoms with van der Waals surface area (Å²) in [5, 5.41) is 3.39. The fraction of sp³-hybridized carbons (Fsp3) is 0.174. The van der Waals surface area contributed by atoms with Crippen molar-refractivity contribution in [2.24, 2.45) is 0 Å². The van der Waals surface area contributed by atoms with Gasteiger partial charge in [0.15, 0.2) is 5.78 Å². The Morgan fingerprint density at radius 3 is 2.90 bits per heavy atom. The van der Waals surface area contributed by atoms with E-state index >= 15 is 0 Å². The number of Topliss-reactive ketones (excluding diaryl/α,β-unsaturated/α-hetero) is 1. The van der Waals surface area contributed by atoms with Crippen LogP contribution in [0.1, 0.15) is 27.9 Å². The fourth-order valence-electron chi connectivity index (χ4n) is 3.23. The van der Waals surface area contributed by atoms with Crippen LogP contribution in [0, 0.1) is 0 Å². The second kappa shape index (κ2) is 8.81. The number of pyridine rings is 1. The molecule has 1 amide bonds. The standard InChI is InChI=1S/C23H19ClN2O3S/c1-14(27)20-6-7-21(30-20)15-10-16-11-18(29-23(16)19(24)12-15)13-26-22(28)8-5-17-4-2-3-9-25-17/h2-10,12,18H,11,13H2,1H3,(H,26,28)/b8-5+/t18-/m1/s1. The van der Waals surface area contributed by atoms with Crippen molar-refractivity contribution in [3.05, 3.63) is 75.9 Å². The van der Waals surface area contributed by atoms with E-state index in [1.165, 1.54) is 17.4 Å². The summed E-state index contributed by atoms with van der Waals surface area (Å²) in [7, 11) is 0. The predicted octanol–water partition coefficient (Wildman–Crippen LogP) is 4.80. The summed E-state index contributed by atoms with van der Waals surface area (Å²) in [6, 6.07) is 13.2. The molecule has 4 rings (SSSR count). The van der Waals surface area contributed by atoms with Crippen LogP contribution < -0.4 is 10.1 Å². The highest BCUT2D eigenvalue weighted by Gasteiger charge is 2.26. The summed E-state index contributed by atoms with van der Waals surface area (Å²) >= 11 is 7.89. The largest absolute Gasteiger partial charge is 0.486 e. The molecule has 7 heteroatoms. The SMILES string of the molecule is CC(=O)c1ccc(-c2cc(Cl)c3c(c2)C[C@H](CNC(=O)/C=C/c2ccccn2)O3)s1. The molecule has 0 saturated carbocycles. The number of carbonyl (C=O) groups is 2. The Morgan fingerprint density at radius 2 is 2.17 bits per heavy atom. The van der Waals surface area contributed by atoms with E-state index in [1.54, 1.807) is 19.2 Å². The van der Waals surface area contributed by atoms with Gasteiger partial charge in [-0.15, -0.1) is 11.3 Å². The molecule has 1 aromatic carbocycles. The third kappa shape index (κ3) is 4.61. The number of ketones is 1. The fourth-order valence-corrected chi connectivity index (χ4v) is 4.41. The zero-order chi connectivity index (χ0) is 21.1. The first kappa shape index (κ1) is 20.3. The van der Waals surface area contributed by atoms with Crippen LogP contribution in [0.3, 0.4) is 0 Å². The second-order valence-corrected chi connectivity index (χ2v) is 8.43. The summed E-state index contributed by atoms with van der Waals surface area (Å²) in [6.07, 6.45) is 5.27. The molecule has 30 heavy (non-hydrogen) atoms. The van der Waals surface area contributed by atoms with Crippen LogP contribution in [-0.4, -0.2) is 29.3 Å². The van der Waals surface area contributed by atoms with Crippen molar-refractivity contribution in [3.63, 3.8) is 0 Å². The van der Waals surface area contributed by atoms with Crippen LogP contribution in [-0.2, 0) is 11.2 Å². The zero-order valence-electron chi connectivity index (χ0n) is 16.2. The van der Waals surface area contributed by atoms with Gasteiger partial charge in [-0.1, -0.05) is 17.7 Å². The average Bonchev–Trinajstić information content (AvgIpc) is 3.39. The van der Waals surface area contributed by atoms with Crippen molar-refractivity contribution >= 4 is 40.7 Å². The number of nitrogens with zero attached hydrogens (tertiary/aromatic N) is 1. The number of nitrogens with one attached hydrogen (secondary N) is 1. The number of rotatable bonds is 6. The minimum Gasteiger partial charge on any atom is -0.486 e. The maximum atomic E-state index is 12.1. The highest BCUT2D eigenvalue weighted by molar-refractivity contribution is 7.17. The quantitative estimate of drug-likeness (QED) is 0.443. The normalized spacial score (nSPS) is 15.1. The highest BCUT2D eigenvalue weighted by atomic mass is 35.5. The van der Waals surface area contributed by atoms with Crippen LogP contribution >= 0.6 is 22.9 Å². The Bertz CT molecular complexity index is 1120. The molecule has 152 valence electrons. The molecule has 0 unspecified atom stereocenters. The predicted molar refractivity (Wildman–Crippen MR) is 119 cm³/mol. The number of amides is 1. The number of aromatic nitrogens is 1. The van der Waals surface area contributed by atoms with Gasteiger partial charge >= 0.3 is 0 Å². The number of benzene rings is 1. The van der Waals surface area contributed by atoms with Crippen LogP contribution in [0.5, 0.6) is 5.75 Å². The molecule has 0 aliphatic carbocycles. The lowest BCUT2D eigenvalue weighted by atomic mass is 10.1. The monoisotopic (exact) mass is 438 g/mol. The van der Waals surface area contributed by atoms with Crippen LogP contribution in [0.4, 0.5) is 0 Å². The Hall–Kier alpha value is -2.96. The van der Waals surface area contributed by atoms with Gasteiger partial charge in [0.1, 0.15) is 11.9 Å². The van der Waals surface area contributed by atoms with Crippen LogP contribution in [0.15, 0.2) is 54.7 Å². The summed E-state index contributed by atoms with van der Waals surface area (Å²) in [4.78, 5) is 29.5. The van der Waals surface area contributed by atoms with E-state index in [2.05, 4.69) is 10.3 Å². The van der Waals surface area contributed by atoms with Gasteiger partial charge in [0.2, 0.25) is 5.91 Å². The van der Waals surface area contributed by atoms with Gasteiger partial charge in [-0.25, -0.2) is 0 Å². The van der Waals surface area contributed by atoms with Crippen molar-refractivity contribution in [2.45, 2.75) is 19.4 Å². The highest BCUT2D eigenvalue weighted by Crippen LogP contribution is 2.41. The van der Waals surface area contributed by atoms with Crippen molar-refractivity contribution < 1.29 is 14.3 Å². The van der Waals surface area contributed by atoms with Crippen LogP contribution in [0.25, 0.3) is 16.5 Å². The van der Waals surface area contributed by atoms with E-state index in [0.717, 1.165) is 26.6 Å². The molecule has 2 aromatic heterocycles. The number of ether oxygens (including phenoxy) is 1. The van der Waals surface area contributed by atoms with E-state index in [0.29, 0.717) is 23.7 Å². The number of fused-ring (bicyclic) bond motifs is 1. The van der Waals surface area contributed by atoms with E-state index in [-0.39, 0.29) is 17.8 Å². The van der Waals surface area contributed by atoms with Crippen LogP contribution in [0.2, 0.25) is 5.02 Å². The topological polar surface area (TPSA) is 68.3 Å². The zero-order valence-corrected chi connectivity index (χ0v) is 17.8. The smallest absolute Gasteiger partial charge is 0.244 e. The average molecular weight is 439 g/mol. The molecule has 3 heterocycles. The van der Waals surface area contributed by atoms with Gasteiger partial charge in [-0.2, -0.15) is 0 Å². The summed E-state index contributed by atoms with van der Waals surface area (Å²) < 4.78 is 5.95. The maximum absolute atomic E-state index is 12.1. The molecule has 1 atom stereocenters. The maximum Gasteiger partial charge on any atom is 0.244 e. The van der Waals surface area contributed by atoms with Gasteiger partial charge in [0, 0.05) is 29.1 Å². The molecule has 5 nitrogen and oxygen atoms in total. The number of thiophene rings is 1. The van der Waals surface area contributed by atoms with Gasteiger partial charge in [0.05, 0.1) is 22.1 Å². The molecule has 1 N–H and O–H groups in total. The number of hydrogen-bond donors (Lipinski definition) is 1. The summed E-state index contributed by atoms with van der Waals surface area (Å²) in [5.41, 5.74) is 2.68. The second-order valence-electron chi connectivity index (χ2n) is 6.94. The lowest BCUT2D eigenvalue weighted by Gasteiger charge is -2.11. The molecule has 1 aliphatic rings. The summed E-state index contributed by atoms with van der Waals surface area (Å²) in [6.45, 7) is 1.93. The molecule has 0 saturated heterocycles. The first-order valence-corrected chi connectivity index (χ1v) is 10.7. The van der Waals surface area contributed by atoms with Gasteiger partial charge in [0.25, 0.3) is 0 Å². The van der Waals surface area contributed by atoms with Crippen molar-refractivity contribution in [1.82, 2.24) is 10.3 Å². The number of carbonyl (C=O) groups excluding carboxylic acids is 2. The molecule has 0 spiro atoms. The van der Waals surface area contributed by atoms with Crippen molar-refractivity contribution in [1.29, 1.82) is 0 Å².